The standard InChI is InChI=1S/C13H16N2/c1-4-10-5-6-12-11(9-15(2)3)8-14-13(12)7-10/h4-8,14H,1,9H2,2-3H3. The van der Waals surface area contributed by atoms with E-state index in [4.69, 9.17) is 0 Å². The number of fused-ring (bicyclic) bond motifs is 1. The summed E-state index contributed by atoms with van der Waals surface area (Å²) in [5.41, 5.74) is 3.68. The van der Waals surface area contributed by atoms with Gasteiger partial charge >= 0.3 is 0 Å². The average Bonchev–Trinajstić information content (AvgIpc) is 2.60. The van der Waals surface area contributed by atoms with Gasteiger partial charge in [0.25, 0.3) is 0 Å². The molecule has 0 atom stereocenters. The molecule has 1 aromatic carbocycles. The molecule has 2 aromatic rings. The topological polar surface area (TPSA) is 19.0 Å². The molecule has 1 heterocycles. The highest BCUT2D eigenvalue weighted by molar-refractivity contribution is 5.85. The summed E-state index contributed by atoms with van der Waals surface area (Å²) in [6.45, 7) is 4.74. The van der Waals surface area contributed by atoms with Gasteiger partial charge in [0.05, 0.1) is 0 Å². The second-order valence-electron chi connectivity index (χ2n) is 4.06. The third kappa shape index (κ3) is 1.95. The van der Waals surface area contributed by atoms with E-state index in [0.29, 0.717) is 0 Å². The Bertz CT molecular complexity index is 480. The molecule has 2 nitrogen and oxygen atoms in total. The molecule has 0 radical (unpaired) electrons. The maximum absolute atomic E-state index is 3.77. The lowest BCUT2D eigenvalue weighted by molar-refractivity contribution is 0.404. The Morgan fingerprint density at radius 2 is 2.20 bits per heavy atom. The summed E-state index contributed by atoms with van der Waals surface area (Å²) in [4.78, 5) is 5.46. The van der Waals surface area contributed by atoms with Gasteiger partial charge in [-0.15, -0.1) is 0 Å². The molecule has 0 spiro atoms. The van der Waals surface area contributed by atoms with Crippen LogP contribution in [0.3, 0.4) is 0 Å². The van der Waals surface area contributed by atoms with Crippen LogP contribution < -0.4 is 0 Å². The van der Waals surface area contributed by atoms with Crippen molar-refractivity contribution in [1.82, 2.24) is 9.88 Å². The van der Waals surface area contributed by atoms with E-state index in [9.17, 15) is 0 Å². The number of nitrogens with one attached hydrogen (secondary N) is 1. The Morgan fingerprint density at radius 1 is 1.40 bits per heavy atom. The van der Waals surface area contributed by atoms with E-state index in [1.807, 2.05) is 6.08 Å². The van der Waals surface area contributed by atoms with Crippen LogP contribution >= 0.6 is 0 Å². The first kappa shape index (κ1) is 9.99. The Morgan fingerprint density at radius 3 is 2.87 bits per heavy atom. The van der Waals surface area contributed by atoms with Gasteiger partial charge in [-0.25, -0.2) is 0 Å². The quantitative estimate of drug-likeness (QED) is 0.807. The summed E-state index contributed by atoms with van der Waals surface area (Å²) >= 11 is 0. The van der Waals surface area contributed by atoms with E-state index in [2.05, 4.69) is 55.0 Å². The molecule has 0 saturated carbocycles. The van der Waals surface area contributed by atoms with Crippen LogP contribution in [0.5, 0.6) is 0 Å². The van der Waals surface area contributed by atoms with Gasteiger partial charge in [-0.3, -0.25) is 0 Å². The summed E-state index contributed by atoms with van der Waals surface area (Å²) in [6, 6.07) is 6.38. The summed E-state index contributed by atoms with van der Waals surface area (Å²) in [6.07, 6.45) is 3.95. The van der Waals surface area contributed by atoms with Crippen LogP contribution in [0, 0.1) is 0 Å². The predicted molar refractivity (Wildman–Crippen MR) is 65.8 cm³/mol. The highest BCUT2D eigenvalue weighted by Crippen LogP contribution is 2.20. The average molecular weight is 200 g/mol. The molecule has 0 bridgehead atoms. The van der Waals surface area contributed by atoms with E-state index >= 15 is 0 Å². The summed E-state index contributed by atoms with van der Waals surface area (Å²) in [7, 11) is 4.16. The van der Waals surface area contributed by atoms with Crippen molar-refractivity contribution in [3.8, 4) is 0 Å². The second kappa shape index (κ2) is 3.91. The highest BCUT2D eigenvalue weighted by Gasteiger charge is 2.04. The lowest BCUT2D eigenvalue weighted by Crippen LogP contribution is -2.09. The van der Waals surface area contributed by atoms with Crippen molar-refractivity contribution >= 4 is 17.0 Å². The third-order valence-electron chi connectivity index (χ3n) is 2.51. The van der Waals surface area contributed by atoms with Crippen molar-refractivity contribution < 1.29 is 0 Å². The number of nitrogens with zero attached hydrogens (tertiary/aromatic N) is 1. The fourth-order valence-electron chi connectivity index (χ4n) is 1.80. The maximum atomic E-state index is 3.77. The van der Waals surface area contributed by atoms with Crippen LogP contribution in [0.25, 0.3) is 17.0 Å². The molecule has 2 rings (SSSR count). The van der Waals surface area contributed by atoms with Crippen LogP contribution in [-0.2, 0) is 6.54 Å². The van der Waals surface area contributed by atoms with Crippen molar-refractivity contribution in [1.29, 1.82) is 0 Å². The van der Waals surface area contributed by atoms with Crippen molar-refractivity contribution in [3.05, 3.63) is 42.1 Å². The maximum Gasteiger partial charge on any atom is 0.0463 e. The second-order valence-corrected chi connectivity index (χ2v) is 4.06. The number of aromatic amines is 1. The molecule has 0 amide bonds. The number of hydrogen-bond donors (Lipinski definition) is 1. The van der Waals surface area contributed by atoms with E-state index in [-0.39, 0.29) is 0 Å². The van der Waals surface area contributed by atoms with Gasteiger partial charge < -0.3 is 9.88 Å². The van der Waals surface area contributed by atoms with E-state index in [1.54, 1.807) is 0 Å². The minimum atomic E-state index is 0.966. The largest absolute Gasteiger partial charge is 0.361 e. The summed E-state index contributed by atoms with van der Waals surface area (Å²) in [5, 5.41) is 1.30. The monoisotopic (exact) mass is 200 g/mol. The van der Waals surface area contributed by atoms with E-state index in [0.717, 1.165) is 12.1 Å². The normalized spacial score (nSPS) is 11.1. The first-order valence-electron chi connectivity index (χ1n) is 5.08. The summed E-state index contributed by atoms with van der Waals surface area (Å²) in [5.74, 6) is 0. The Hall–Kier alpha value is -1.54. The molecule has 1 N–H and O–H groups in total. The van der Waals surface area contributed by atoms with Crippen LogP contribution in [0.15, 0.2) is 31.0 Å². The summed E-state index contributed by atoms with van der Waals surface area (Å²) < 4.78 is 0. The lowest BCUT2D eigenvalue weighted by atomic mass is 10.1. The molecule has 0 aliphatic carbocycles. The van der Waals surface area contributed by atoms with Gasteiger partial charge in [-0.05, 0) is 31.3 Å². The zero-order valence-electron chi connectivity index (χ0n) is 9.25. The fourth-order valence-corrected chi connectivity index (χ4v) is 1.80. The molecule has 2 heteroatoms. The number of aromatic nitrogens is 1. The predicted octanol–water partition coefficient (Wildman–Crippen LogP) is 2.87. The molecule has 0 saturated heterocycles. The molecule has 0 aliphatic heterocycles. The number of benzene rings is 1. The zero-order chi connectivity index (χ0) is 10.8. The number of rotatable bonds is 3. The van der Waals surface area contributed by atoms with Gasteiger partial charge in [-0.1, -0.05) is 24.8 Å². The number of hydrogen-bond acceptors (Lipinski definition) is 1. The Labute approximate surface area is 90.2 Å². The van der Waals surface area contributed by atoms with Crippen LogP contribution in [-0.4, -0.2) is 24.0 Å². The molecule has 0 aliphatic rings. The van der Waals surface area contributed by atoms with Gasteiger partial charge in [0.2, 0.25) is 0 Å². The van der Waals surface area contributed by atoms with Crippen LogP contribution in [0.4, 0.5) is 0 Å². The minimum Gasteiger partial charge on any atom is -0.361 e. The van der Waals surface area contributed by atoms with E-state index < -0.39 is 0 Å². The van der Waals surface area contributed by atoms with Crippen molar-refractivity contribution in [2.75, 3.05) is 14.1 Å². The molecule has 15 heavy (non-hydrogen) atoms. The molecule has 0 fully saturated rings. The van der Waals surface area contributed by atoms with Gasteiger partial charge in [0, 0.05) is 23.6 Å². The van der Waals surface area contributed by atoms with Crippen molar-refractivity contribution in [3.63, 3.8) is 0 Å². The molecule has 0 unspecified atom stereocenters. The highest BCUT2D eigenvalue weighted by atomic mass is 15.0. The number of H-pyrrole nitrogens is 1. The Kier molecular flexibility index (Phi) is 2.60. The first-order chi connectivity index (χ1) is 7.20. The SMILES string of the molecule is C=Cc1ccc2c(CN(C)C)c[nH]c2c1. The van der Waals surface area contributed by atoms with Crippen LogP contribution in [0.1, 0.15) is 11.1 Å². The van der Waals surface area contributed by atoms with Crippen LogP contribution in [0.2, 0.25) is 0 Å². The molecule has 78 valence electrons. The van der Waals surface area contributed by atoms with Gasteiger partial charge in [-0.2, -0.15) is 0 Å². The fraction of sp³-hybridized carbons (Fsp3) is 0.231. The van der Waals surface area contributed by atoms with E-state index in [1.165, 1.54) is 16.5 Å². The van der Waals surface area contributed by atoms with Crippen molar-refractivity contribution in [2.45, 2.75) is 6.54 Å². The molecular weight excluding hydrogens is 184 g/mol. The minimum absolute atomic E-state index is 0.966. The zero-order valence-corrected chi connectivity index (χ0v) is 9.25. The lowest BCUT2D eigenvalue weighted by Gasteiger charge is -2.07. The smallest absolute Gasteiger partial charge is 0.0463 e. The molecule has 1 aromatic heterocycles. The first-order valence-corrected chi connectivity index (χ1v) is 5.08. The van der Waals surface area contributed by atoms with Gasteiger partial charge in [0.1, 0.15) is 0 Å². The van der Waals surface area contributed by atoms with Gasteiger partial charge in [0.15, 0.2) is 0 Å². The third-order valence-corrected chi connectivity index (χ3v) is 2.51. The van der Waals surface area contributed by atoms with Crippen molar-refractivity contribution in [2.24, 2.45) is 0 Å². The Balaban J connectivity index is 2.47. The molecular formula is C13H16N2.